The number of phosphoric acid groups is 2. The molecule has 0 bridgehead atoms. The second-order valence-corrected chi connectivity index (χ2v) is 28.6. The normalized spacial score (nSPS) is 14.8. The highest BCUT2D eigenvalue weighted by atomic mass is 31.2. The monoisotopic (exact) mass is 1450 g/mol. The molecule has 18 heteroatoms. The average Bonchev–Trinajstić information content (AvgIpc) is 1.15. The fourth-order valence-corrected chi connectivity index (χ4v) is 11.8. The van der Waals surface area contributed by atoms with Crippen LogP contribution >= 0.6 is 15.6 Å². The SMILES string of the molecule is CC/C=C\C/C=C\C/C=C\C/C=C\C/C=C\C/C=C\CCCCCCCCCCCCCCC(=O)OCC(O)COP(=O)(O)OCC(O)COP(=O)(O)OCC(COC(=O)CCCCCCCCC/C=C\C/C=C\C/C=C\CC)OC(=O)CCCCCCCCC/C=C\C/C=C\C/C=C\CC. The number of ether oxygens (including phenoxy) is 3. The molecule has 101 heavy (non-hydrogen) atoms. The van der Waals surface area contributed by atoms with Crippen molar-refractivity contribution >= 4 is 33.6 Å². The third-order valence-corrected chi connectivity index (χ3v) is 17.9. The van der Waals surface area contributed by atoms with Crippen LogP contribution in [0.1, 0.15) is 303 Å². The van der Waals surface area contributed by atoms with Crippen LogP contribution in [-0.4, -0.2) is 95.9 Å². The Balaban J connectivity index is 4.51. The molecule has 0 rings (SSSR count). The minimum atomic E-state index is -4.94. The van der Waals surface area contributed by atoms with E-state index in [1.807, 2.05) is 0 Å². The van der Waals surface area contributed by atoms with E-state index in [0.29, 0.717) is 19.3 Å². The van der Waals surface area contributed by atoms with E-state index in [-0.39, 0.29) is 19.3 Å². The highest BCUT2D eigenvalue weighted by Gasteiger charge is 2.29. The van der Waals surface area contributed by atoms with Gasteiger partial charge in [-0.25, -0.2) is 9.13 Å². The molecule has 0 heterocycles. The number of aliphatic hydroxyl groups excluding tert-OH is 2. The molecule has 0 aromatic carbocycles. The molecule has 0 saturated carbocycles. The van der Waals surface area contributed by atoms with Crippen molar-refractivity contribution in [2.45, 2.75) is 322 Å². The summed E-state index contributed by atoms with van der Waals surface area (Å²) < 4.78 is 61.1. The second-order valence-electron chi connectivity index (χ2n) is 25.7. The standard InChI is InChI=1S/C83H140O16P2/c1-4-7-10-13-16-19-22-25-28-31-32-33-34-35-36-37-38-39-40-41-42-43-44-47-49-51-54-57-60-63-66-69-81(86)93-72-78(84)73-95-100(89,90)96-74-79(85)75-97-101(91,92)98-77-80(99-83(88)71-68-65-62-59-56-53-50-46-30-27-24-21-18-15-12-9-6-3)76-94-82(87)70-67-64-61-58-55-52-48-45-29-26-23-20-17-14-11-8-5-2/h7-12,16-21,25-30,32-33,35-36,38-39,78-80,84-85H,4-6,13-15,22-24,31,34,37,40-77H2,1-3H3,(H,89,90)(H,91,92)/b10-7-,11-8-,12-9-,19-16-,20-17-,21-18-,28-25-,29-26-,30-27-,33-32-,36-35-,39-38-. The lowest BCUT2D eigenvalue weighted by molar-refractivity contribution is -0.161. The predicted molar refractivity (Wildman–Crippen MR) is 417 cm³/mol. The van der Waals surface area contributed by atoms with Gasteiger partial charge in [-0.15, -0.1) is 0 Å². The Kier molecular flexibility index (Phi) is 71.7. The molecule has 0 amide bonds. The van der Waals surface area contributed by atoms with E-state index < -0.39 is 91.5 Å². The molecule has 4 N–H and O–H groups in total. The van der Waals surface area contributed by atoms with Crippen molar-refractivity contribution in [2.24, 2.45) is 0 Å². The maximum atomic E-state index is 13.0. The molecule has 0 aliphatic rings. The maximum absolute atomic E-state index is 13.0. The van der Waals surface area contributed by atoms with E-state index in [9.17, 15) is 43.5 Å². The lowest BCUT2D eigenvalue weighted by atomic mass is 10.0. The van der Waals surface area contributed by atoms with Gasteiger partial charge in [0.25, 0.3) is 0 Å². The van der Waals surface area contributed by atoms with E-state index in [1.54, 1.807) is 0 Å². The number of esters is 3. The summed E-state index contributed by atoms with van der Waals surface area (Å²) in [5.74, 6) is -1.60. The number of carbonyl (C=O) groups is 3. The zero-order valence-electron chi connectivity index (χ0n) is 63.0. The molecule has 16 nitrogen and oxygen atoms in total. The number of aliphatic hydroxyl groups is 2. The van der Waals surface area contributed by atoms with Gasteiger partial charge in [0.1, 0.15) is 25.4 Å². The van der Waals surface area contributed by atoms with Crippen molar-refractivity contribution in [3.05, 3.63) is 146 Å². The van der Waals surface area contributed by atoms with E-state index in [1.165, 1.54) is 51.4 Å². The Hall–Kier alpha value is -4.57. The van der Waals surface area contributed by atoms with Gasteiger partial charge in [-0.1, -0.05) is 295 Å². The van der Waals surface area contributed by atoms with E-state index in [2.05, 4.69) is 167 Å². The topological polar surface area (TPSA) is 231 Å². The second kappa shape index (κ2) is 75.1. The first-order valence-electron chi connectivity index (χ1n) is 39.1. The van der Waals surface area contributed by atoms with Crippen LogP contribution in [0.5, 0.6) is 0 Å². The van der Waals surface area contributed by atoms with Gasteiger partial charge in [-0.2, -0.15) is 0 Å². The molecular formula is C83H140O16P2. The minimum Gasteiger partial charge on any atom is -0.463 e. The number of rotatable bonds is 73. The first-order valence-corrected chi connectivity index (χ1v) is 42.1. The number of hydrogen-bond acceptors (Lipinski definition) is 14. The molecule has 0 aromatic heterocycles. The third-order valence-electron chi connectivity index (χ3n) is 16.0. The van der Waals surface area contributed by atoms with Crippen LogP contribution in [0.25, 0.3) is 0 Å². The molecule has 5 unspecified atom stereocenters. The van der Waals surface area contributed by atoms with Gasteiger partial charge in [-0.3, -0.25) is 32.5 Å². The molecule has 0 spiro atoms. The smallest absolute Gasteiger partial charge is 0.463 e. The number of hydrogen-bond donors (Lipinski definition) is 4. The number of unbranched alkanes of at least 4 members (excludes halogenated alkanes) is 26. The summed E-state index contributed by atoms with van der Waals surface area (Å²) in [6.45, 7) is 2.33. The lowest BCUT2D eigenvalue weighted by Gasteiger charge is -2.21. The van der Waals surface area contributed by atoms with E-state index >= 15 is 0 Å². The average molecular weight is 1460 g/mol. The van der Waals surface area contributed by atoms with Crippen molar-refractivity contribution in [1.82, 2.24) is 0 Å². The quantitative estimate of drug-likeness (QED) is 0.0146. The van der Waals surface area contributed by atoms with Gasteiger partial charge in [0.05, 0.1) is 26.4 Å². The third kappa shape index (κ3) is 76.4. The molecule has 0 aliphatic carbocycles. The molecular weight excluding hydrogens is 1310 g/mol. The summed E-state index contributed by atoms with van der Waals surface area (Å²) in [4.78, 5) is 58.6. The van der Waals surface area contributed by atoms with Crippen LogP contribution in [0, 0.1) is 0 Å². The highest BCUT2D eigenvalue weighted by molar-refractivity contribution is 7.47. The molecule has 0 aromatic rings. The maximum Gasteiger partial charge on any atom is 0.472 e. The number of phosphoric ester groups is 2. The van der Waals surface area contributed by atoms with E-state index in [4.69, 9.17) is 32.3 Å². The van der Waals surface area contributed by atoms with Gasteiger partial charge in [-0.05, 0) is 135 Å². The van der Waals surface area contributed by atoms with Gasteiger partial charge in [0.15, 0.2) is 6.10 Å². The number of carbonyl (C=O) groups excluding carboxylic acids is 3. The van der Waals surface area contributed by atoms with Crippen molar-refractivity contribution in [3.8, 4) is 0 Å². The molecule has 0 saturated heterocycles. The van der Waals surface area contributed by atoms with E-state index in [0.717, 1.165) is 193 Å². The van der Waals surface area contributed by atoms with Crippen LogP contribution in [0.3, 0.4) is 0 Å². The van der Waals surface area contributed by atoms with Crippen LogP contribution in [0.2, 0.25) is 0 Å². The summed E-state index contributed by atoms with van der Waals surface area (Å²) in [6, 6.07) is 0. The molecule has 0 fully saturated rings. The zero-order valence-corrected chi connectivity index (χ0v) is 64.8. The van der Waals surface area contributed by atoms with Crippen LogP contribution < -0.4 is 0 Å². The van der Waals surface area contributed by atoms with Crippen LogP contribution in [-0.2, 0) is 55.8 Å². The fourth-order valence-electron chi connectivity index (χ4n) is 10.2. The summed E-state index contributed by atoms with van der Waals surface area (Å²) in [5.41, 5.74) is 0. The van der Waals surface area contributed by atoms with Crippen molar-refractivity contribution < 1.29 is 75.8 Å². The molecule has 5 atom stereocenters. The summed E-state index contributed by atoms with van der Waals surface area (Å²) >= 11 is 0. The van der Waals surface area contributed by atoms with Crippen molar-refractivity contribution in [2.75, 3.05) is 39.6 Å². The number of allylic oxidation sites excluding steroid dienone is 24. The first-order chi connectivity index (χ1) is 49.2. The van der Waals surface area contributed by atoms with Crippen LogP contribution in [0.4, 0.5) is 0 Å². The summed E-state index contributed by atoms with van der Waals surface area (Å²) in [6.07, 6.45) is 91.8. The predicted octanol–water partition coefficient (Wildman–Crippen LogP) is 22.9. The zero-order chi connectivity index (χ0) is 73.7. The largest absolute Gasteiger partial charge is 0.472 e. The fraction of sp³-hybridized carbons (Fsp3) is 0.675. The van der Waals surface area contributed by atoms with Gasteiger partial charge in [0.2, 0.25) is 0 Å². The van der Waals surface area contributed by atoms with Gasteiger partial charge >= 0.3 is 33.6 Å². The lowest BCUT2D eigenvalue weighted by Crippen LogP contribution is -2.30. The van der Waals surface area contributed by atoms with Gasteiger partial charge in [0, 0.05) is 19.3 Å². The molecule has 0 aliphatic heterocycles. The van der Waals surface area contributed by atoms with Crippen LogP contribution in [0.15, 0.2) is 146 Å². The molecule has 0 radical (unpaired) electrons. The summed E-state index contributed by atoms with van der Waals surface area (Å²) in [7, 11) is -9.80. The molecule has 578 valence electrons. The Morgan fingerprint density at radius 2 is 0.495 bits per heavy atom. The van der Waals surface area contributed by atoms with Crippen molar-refractivity contribution in [1.29, 1.82) is 0 Å². The Morgan fingerprint density at radius 3 is 0.782 bits per heavy atom. The summed E-state index contributed by atoms with van der Waals surface area (Å²) in [5, 5.41) is 20.6. The van der Waals surface area contributed by atoms with Gasteiger partial charge < -0.3 is 34.2 Å². The minimum absolute atomic E-state index is 0.0881. The Morgan fingerprint density at radius 1 is 0.277 bits per heavy atom. The highest BCUT2D eigenvalue weighted by Crippen LogP contribution is 2.45. The Bertz CT molecular complexity index is 2420. The van der Waals surface area contributed by atoms with Crippen molar-refractivity contribution in [3.63, 3.8) is 0 Å². The first kappa shape index (κ1) is 96.4. The Labute approximate surface area is 613 Å².